The minimum absolute atomic E-state index is 0.471. The number of benzene rings is 1. The Morgan fingerprint density at radius 2 is 2.36 bits per heavy atom. The predicted molar refractivity (Wildman–Crippen MR) is 51.3 cm³/mol. The number of hydrogen-bond acceptors (Lipinski definition) is 3. The Labute approximate surface area is 82.3 Å². The molecular formula is C11H12O3. The third-order valence-corrected chi connectivity index (χ3v) is 2.75. The van der Waals surface area contributed by atoms with E-state index >= 15 is 0 Å². The molecular weight excluding hydrogens is 180 g/mol. The van der Waals surface area contributed by atoms with Crippen LogP contribution in [-0.2, 0) is 16.8 Å². The number of ether oxygens (including phenoxy) is 1. The van der Waals surface area contributed by atoms with E-state index < -0.39 is 5.60 Å². The topological polar surface area (TPSA) is 46.5 Å². The van der Waals surface area contributed by atoms with Gasteiger partial charge in [0.2, 0.25) is 0 Å². The highest BCUT2D eigenvalue weighted by atomic mass is 16.5. The Hall–Kier alpha value is -1.35. The van der Waals surface area contributed by atoms with Crippen molar-refractivity contribution >= 4 is 6.29 Å². The van der Waals surface area contributed by atoms with Crippen LogP contribution in [0.4, 0.5) is 0 Å². The van der Waals surface area contributed by atoms with Crippen molar-refractivity contribution in [2.75, 3.05) is 7.11 Å². The zero-order valence-corrected chi connectivity index (χ0v) is 7.99. The van der Waals surface area contributed by atoms with Gasteiger partial charge in [0.05, 0.1) is 7.11 Å². The van der Waals surface area contributed by atoms with Crippen molar-refractivity contribution in [2.45, 2.75) is 18.4 Å². The molecule has 3 nitrogen and oxygen atoms in total. The summed E-state index contributed by atoms with van der Waals surface area (Å²) in [5.74, 6) is 0.763. The van der Waals surface area contributed by atoms with Crippen LogP contribution < -0.4 is 4.74 Å². The van der Waals surface area contributed by atoms with Gasteiger partial charge >= 0.3 is 0 Å². The number of rotatable bonds is 2. The molecule has 2 rings (SSSR count). The van der Waals surface area contributed by atoms with Crippen LogP contribution in [0.5, 0.6) is 5.75 Å². The van der Waals surface area contributed by atoms with Crippen LogP contribution in [0, 0.1) is 0 Å². The van der Waals surface area contributed by atoms with E-state index in [1.54, 1.807) is 19.2 Å². The van der Waals surface area contributed by atoms with Gasteiger partial charge in [0.1, 0.15) is 11.4 Å². The van der Waals surface area contributed by atoms with Crippen LogP contribution in [0.15, 0.2) is 18.2 Å². The van der Waals surface area contributed by atoms with E-state index in [1.807, 2.05) is 6.07 Å². The zero-order chi connectivity index (χ0) is 10.2. The number of hydrogen-bond donors (Lipinski definition) is 1. The van der Waals surface area contributed by atoms with E-state index in [9.17, 15) is 9.90 Å². The van der Waals surface area contributed by atoms with Gasteiger partial charge in [-0.25, -0.2) is 0 Å². The maximum atomic E-state index is 10.8. The summed E-state index contributed by atoms with van der Waals surface area (Å²) >= 11 is 0. The Kier molecular flexibility index (Phi) is 2.04. The van der Waals surface area contributed by atoms with Gasteiger partial charge in [0, 0.05) is 0 Å². The summed E-state index contributed by atoms with van der Waals surface area (Å²) in [5, 5.41) is 9.91. The molecule has 1 aromatic carbocycles. The highest BCUT2D eigenvalue weighted by molar-refractivity contribution is 5.69. The fraction of sp³-hybridized carbons (Fsp3) is 0.364. The minimum atomic E-state index is -1.28. The molecule has 0 fully saturated rings. The second-order valence-corrected chi connectivity index (χ2v) is 3.57. The average molecular weight is 192 g/mol. The van der Waals surface area contributed by atoms with E-state index in [4.69, 9.17) is 4.74 Å². The van der Waals surface area contributed by atoms with Crippen molar-refractivity contribution in [3.05, 3.63) is 29.3 Å². The molecule has 0 spiro atoms. The zero-order valence-electron chi connectivity index (χ0n) is 7.99. The largest absolute Gasteiger partial charge is 0.497 e. The summed E-state index contributed by atoms with van der Waals surface area (Å²) in [5.41, 5.74) is 0.439. The number of carbonyl (C=O) groups is 1. The molecule has 1 aliphatic rings. The highest BCUT2D eigenvalue weighted by Gasteiger charge is 2.36. The summed E-state index contributed by atoms with van der Waals surface area (Å²) in [4.78, 5) is 10.8. The standard InChI is InChI=1S/C11H12O3/c1-14-9-2-3-10-8(6-9)4-5-11(10,13)7-12/h2-3,6-7,13H,4-5H2,1H3. The summed E-state index contributed by atoms with van der Waals surface area (Å²) in [7, 11) is 1.60. The van der Waals surface area contributed by atoms with Gasteiger partial charge in [-0.1, -0.05) is 6.07 Å². The van der Waals surface area contributed by atoms with Crippen molar-refractivity contribution in [2.24, 2.45) is 0 Å². The molecule has 0 amide bonds. The molecule has 1 atom stereocenters. The summed E-state index contributed by atoms with van der Waals surface area (Å²) in [6.07, 6.45) is 1.81. The number of carbonyl (C=O) groups excluding carboxylic acids is 1. The lowest BCUT2D eigenvalue weighted by atomic mass is 9.98. The molecule has 0 saturated carbocycles. The third kappa shape index (κ3) is 1.21. The van der Waals surface area contributed by atoms with Crippen LogP contribution in [-0.4, -0.2) is 18.5 Å². The van der Waals surface area contributed by atoms with E-state index in [0.717, 1.165) is 17.7 Å². The fourth-order valence-corrected chi connectivity index (χ4v) is 1.91. The molecule has 14 heavy (non-hydrogen) atoms. The molecule has 1 aromatic rings. The van der Waals surface area contributed by atoms with Crippen LogP contribution in [0.1, 0.15) is 17.5 Å². The summed E-state index contributed by atoms with van der Waals surface area (Å²) in [6.45, 7) is 0. The molecule has 0 saturated heterocycles. The van der Waals surface area contributed by atoms with Gasteiger partial charge in [0.15, 0.2) is 6.29 Å². The molecule has 3 heteroatoms. The van der Waals surface area contributed by atoms with Crippen LogP contribution in [0.3, 0.4) is 0 Å². The summed E-state index contributed by atoms with van der Waals surface area (Å²) in [6, 6.07) is 5.39. The number of aliphatic hydroxyl groups is 1. The lowest BCUT2D eigenvalue weighted by molar-refractivity contribution is -0.124. The molecule has 0 heterocycles. The average Bonchev–Trinajstić information content (AvgIpc) is 2.57. The molecule has 1 aliphatic carbocycles. The van der Waals surface area contributed by atoms with Gasteiger partial charge in [0.25, 0.3) is 0 Å². The summed E-state index contributed by atoms with van der Waals surface area (Å²) < 4.78 is 5.07. The SMILES string of the molecule is COc1ccc2c(c1)CCC2(O)C=O. The number of aldehydes is 1. The van der Waals surface area contributed by atoms with Gasteiger partial charge in [-0.05, 0) is 36.1 Å². The Bertz CT molecular complexity index is 373. The Morgan fingerprint density at radius 3 is 3.00 bits per heavy atom. The first kappa shape index (κ1) is 9.21. The first-order valence-electron chi connectivity index (χ1n) is 4.56. The quantitative estimate of drug-likeness (QED) is 0.712. The van der Waals surface area contributed by atoms with Gasteiger partial charge in [-0.2, -0.15) is 0 Å². The van der Waals surface area contributed by atoms with Crippen molar-refractivity contribution in [1.82, 2.24) is 0 Å². The molecule has 1 unspecified atom stereocenters. The number of fused-ring (bicyclic) bond motifs is 1. The smallest absolute Gasteiger partial charge is 0.156 e. The fourth-order valence-electron chi connectivity index (χ4n) is 1.91. The second-order valence-electron chi connectivity index (χ2n) is 3.57. The maximum Gasteiger partial charge on any atom is 0.156 e. The molecule has 0 aromatic heterocycles. The van der Waals surface area contributed by atoms with Crippen LogP contribution in [0.25, 0.3) is 0 Å². The van der Waals surface area contributed by atoms with E-state index in [0.29, 0.717) is 18.3 Å². The number of methoxy groups -OCH3 is 1. The molecule has 0 radical (unpaired) electrons. The monoisotopic (exact) mass is 192 g/mol. The molecule has 0 aliphatic heterocycles. The van der Waals surface area contributed by atoms with Gasteiger partial charge in [-0.15, -0.1) is 0 Å². The van der Waals surface area contributed by atoms with Crippen LogP contribution in [0.2, 0.25) is 0 Å². The highest BCUT2D eigenvalue weighted by Crippen LogP contribution is 2.36. The molecule has 1 N–H and O–H groups in total. The van der Waals surface area contributed by atoms with Crippen molar-refractivity contribution in [3.8, 4) is 5.75 Å². The third-order valence-electron chi connectivity index (χ3n) is 2.75. The first-order chi connectivity index (χ1) is 6.69. The lowest BCUT2D eigenvalue weighted by Gasteiger charge is -2.15. The normalized spacial score (nSPS) is 24.4. The van der Waals surface area contributed by atoms with Gasteiger partial charge < -0.3 is 9.84 Å². The Balaban J connectivity index is 2.48. The van der Waals surface area contributed by atoms with E-state index in [2.05, 4.69) is 0 Å². The lowest BCUT2D eigenvalue weighted by Crippen LogP contribution is -2.23. The maximum absolute atomic E-state index is 10.8. The van der Waals surface area contributed by atoms with Crippen molar-refractivity contribution < 1.29 is 14.6 Å². The minimum Gasteiger partial charge on any atom is -0.497 e. The molecule has 74 valence electrons. The van der Waals surface area contributed by atoms with Crippen molar-refractivity contribution in [1.29, 1.82) is 0 Å². The Morgan fingerprint density at radius 1 is 1.57 bits per heavy atom. The van der Waals surface area contributed by atoms with Gasteiger partial charge in [-0.3, -0.25) is 4.79 Å². The number of aryl methyl sites for hydroxylation is 1. The predicted octanol–water partition coefficient (Wildman–Crippen LogP) is 1.03. The first-order valence-corrected chi connectivity index (χ1v) is 4.56. The van der Waals surface area contributed by atoms with Crippen LogP contribution >= 0.6 is 0 Å². The van der Waals surface area contributed by atoms with Crippen molar-refractivity contribution in [3.63, 3.8) is 0 Å². The van der Waals surface area contributed by atoms with E-state index in [1.165, 1.54) is 0 Å². The second kappa shape index (κ2) is 3.10. The van der Waals surface area contributed by atoms with E-state index in [-0.39, 0.29) is 0 Å². The molecule has 0 bridgehead atoms.